The van der Waals surface area contributed by atoms with E-state index in [1.54, 1.807) is 54.6 Å². The smallest absolute Gasteiger partial charge is 0.194 e. The van der Waals surface area contributed by atoms with Crippen LogP contribution in [-0.4, -0.2) is 32.1 Å². The molecule has 0 amide bonds. The Kier molecular flexibility index (Phi) is 4.72. The Morgan fingerprint density at radius 3 is 2.21 bits per heavy atom. The third-order valence-electron chi connectivity index (χ3n) is 5.20. The number of aldehydes is 1. The molecular weight excluding hydrogens is 368 g/mol. The van der Waals surface area contributed by atoms with E-state index in [0.29, 0.717) is 50.4 Å². The summed E-state index contributed by atoms with van der Waals surface area (Å²) in [6, 6.07) is 15.3. The lowest BCUT2D eigenvalue weighted by atomic mass is 9.80. The number of benzene rings is 3. The number of carbonyl (C=O) groups is 3. The molecule has 0 unspecified atom stereocenters. The van der Waals surface area contributed by atoms with E-state index in [9.17, 15) is 14.4 Å². The van der Waals surface area contributed by atoms with Crippen LogP contribution in [0, 0.1) is 0 Å². The zero-order valence-electron chi connectivity index (χ0n) is 16.0. The lowest BCUT2D eigenvalue weighted by Gasteiger charge is -2.22. The van der Waals surface area contributed by atoms with E-state index in [0.717, 1.165) is 6.29 Å². The van der Waals surface area contributed by atoms with Gasteiger partial charge in [-0.05, 0) is 23.8 Å². The second kappa shape index (κ2) is 7.36. The van der Waals surface area contributed by atoms with Gasteiger partial charge in [-0.25, -0.2) is 0 Å². The lowest BCUT2D eigenvalue weighted by Crippen LogP contribution is -2.23. The van der Waals surface area contributed by atoms with Gasteiger partial charge >= 0.3 is 0 Å². The quantitative estimate of drug-likeness (QED) is 0.487. The van der Waals surface area contributed by atoms with Crippen molar-refractivity contribution in [3.05, 3.63) is 93.5 Å². The molecule has 0 aliphatic heterocycles. The molecule has 29 heavy (non-hydrogen) atoms. The van der Waals surface area contributed by atoms with Crippen LogP contribution in [0.15, 0.2) is 54.6 Å². The van der Waals surface area contributed by atoms with Gasteiger partial charge < -0.3 is 9.47 Å². The Labute approximate surface area is 167 Å². The van der Waals surface area contributed by atoms with Crippen molar-refractivity contribution < 1.29 is 23.9 Å². The Morgan fingerprint density at radius 1 is 0.828 bits per heavy atom. The monoisotopic (exact) mass is 386 g/mol. The molecule has 0 spiro atoms. The van der Waals surface area contributed by atoms with Crippen molar-refractivity contribution in [3.8, 4) is 11.5 Å². The standard InChI is InChI=1S/C24H18O5/c1-28-16-10-15(11-19-14(13-25)6-5-9-21(19)29-2)22-20(12-16)23(26)17-7-3-4-8-18(17)24(22)27/h3-10,12-13H,11H2,1-2H3. The molecule has 144 valence electrons. The molecular formula is C24H18O5. The van der Waals surface area contributed by atoms with Crippen LogP contribution in [0.5, 0.6) is 11.5 Å². The summed E-state index contributed by atoms with van der Waals surface area (Å²) in [5.41, 5.74) is 3.15. The molecule has 0 N–H and O–H groups in total. The molecule has 4 rings (SSSR count). The van der Waals surface area contributed by atoms with Gasteiger partial charge in [-0.1, -0.05) is 36.4 Å². The number of fused-ring (bicyclic) bond motifs is 2. The van der Waals surface area contributed by atoms with Crippen LogP contribution in [-0.2, 0) is 6.42 Å². The molecule has 0 saturated carbocycles. The second-order valence-corrected chi connectivity index (χ2v) is 6.74. The van der Waals surface area contributed by atoms with Gasteiger partial charge in [0, 0.05) is 39.8 Å². The Balaban J connectivity index is 1.94. The number of methoxy groups -OCH3 is 2. The molecule has 3 aromatic rings. The topological polar surface area (TPSA) is 69.7 Å². The predicted octanol–water partition coefficient (Wildman–Crippen LogP) is 3.88. The highest BCUT2D eigenvalue weighted by Crippen LogP contribution is 2.35. The Morgan fingerprint density at radius 2 is 1.55 bits per heavy atom. The molecule has 1 aliphatic carbocycles. The van der Waals surface area contributed by atoms with Crippen LogP contribution in [0.4, 0.5) is 0 Å². The zero-order chi connectivity index (χ0) is 20.5. The maximum Gasteiger partial charge on any atom is 0.194 e. The van der Waals surface area contributed by atoms with E-state index < -0.39 is 0 Å². The fourth-order valence-corrected chi connectivity index (χ4v) is 3.80. The van der Waals surface area contributed by atoms with Crippen molar-refractivity contribution in [2.75, 3.05) is 14.2 Å². The van der Waals surface area contributed by atoms with E-state index in [-0.39, 0.29) is 18.0 Å². The molecule has 0 aromatic heterocycles. The summed E-state index contributed by atoms with van der Waals surface area (Å²) in [6.07, 6.45) is 1.01. The zero-order valence-corrected chi connectivity index (χ0v) is 16.0. The van der Waals surface area contributed by atoms with E-state index in [1.807, 2.05) is 0 Å². The van der Waals surface area contributed by atoms with E-state index in [2.05, 4.69) is 0 Å². The molecule has 5 nitrogen and oxygen atoms in total. The molecule has 0 atom stereocenters. The summed E-state index contributed by atoms with van der Waals surface area (Å²) < 4.78 is 10.8. The SMILES string of the molecule is COc1cc(Cc2c(C=O)cccc2OC)c2c(c1)C(=O)c1ccccc1C2=O. The van der Waals surface area contributed by atoms with Crippen molar-refractivity contribution in [1.82, 2.24) is 0 Å². The van der Waals surface area contributed by atoms with E-state index in [1.165, 1.54) is 14.2 Å². The average molecular weight is 386 g/mol. The minimum Gasteiger partial charge on any atom is -0.497 e. The molecule has 0 bridgehead atoms. The fraction of sp³-hybridized carbons (Fsp3) is 0.125. The molecule has 0 fully saturated rings. The van der Waals surface area contributed by atoms with Crippen molar-refractivity contribution in [3.63, 3.8) is 0 Å². The van der Waals surface area contributed by atoms with Gasteiger partial charge in [0.25, 0.3) is 0 Å². The van der Waals surface area contributed by atoms with Crippen LogP contribution < -0.4 is 9.47 Å². The largest absolute Gasteiger partial charge is 0.497 e. The summed E-state index contributed by atoms with van der Waals surface area (Å²) >= 11 is 0. The van der Waals surface area contributed by atoms with Crippen LogP contribution in [0.25, 0.3) is 0 Å². The highest BCUT2D eigenvalue weighted by molar-refractivity contribution is 6.29. The summed E-state index contributed by atoms with van der Waals surface area (Å²) in [4.78, 5) is 37.9. The number of ketones is 2. The highest BCUT2D eigenvalue weighted by Gasteiger charge is 2.32. The van der Waals surface area contributed by atoms with Gasteiger partial charge in [-0.3, -0.25) is 14.4 Å². The number of ether oxygens (including phenoxy) is 2. The first-order valence-corrected chi connectivity index (χ1v) is 9.09. The fourth-order valence-electron chi connectivity index (χ4n) is 3.80. The Hall–Kier alpha value is -3.73. The summed E-state index contributed by atoms with van der Waals surface area (Å²) in [5, 5.41) is 0. The lowest BCUT2D eigenvalue weighted by molar-refractivity contribution is 0.0978. The Bertz CT molecular complexity index is 1160. The first-order chi connectivity index (χ1) is 14.1. The van der Waals surface area contributed by atoms with Gasteiger partial charge in [0.15, 0.2) is 11.6 Å². The molecule has 5 heteroatoms. The van der Waals surface area contributed by atoms with Gasteiger partial charge in [0.1, 0.15) is 17.8 Å². The van der Waals surface area contributed by atoms with Crippen molar-refractivity contribution in [2.45, 2.75) is 6.42 Å². The van der Waals surface area contributed by atoms with Crippen LogP contribution in [0.3, 0.4) is 0 Å². The number of hydrogen-bond acceptors (Lipinski definition) is 5. The van der Waals surface area contributed by atoms with Gasteiger partial charge in [-0.15, -0.1) is 0 Å². The number of carbonyl (C=O) groups excluding carboxylic acids is 3. The van der Waals surface area contributed by atoms with Crippen LogP contribution in [0.2, 0.25) is 0 Å². The molecule has 0 radical (unpaired) electrons. The summed E-state index contributed by atoms with van der Waals surface area (Å²) in [6.45, 7) is 0. The molecule has 1 aliphatic rings. The third kappa shape index (κ3) is 3.01. The van der Waals surface area contributed by atoms with Crippen molar-refractivity contribution >= 4 is 17.9 Å². The number of rotatable bonds is 5. The highest BCUT2D eigenvalue weighted by atomic mass is 16.5. The normalized spacial score (nSPS) is 12.2. The summed E-state index contributed by atoms with van der Waals surface area (Å²) in [5.74, 6) is 0.587. The molecule has 0 heterocycles. The van der Waals surface area contributed by atoms with Crippen LogP contribution >= 0.6 is 0 Å². The molecule has 3 aromatic carbocycles. The average Bonchev–Trinajstić information content (AvgIpc) is 2.77. The first-order valence-electron chi connectivity index (χ1n) is 9.09. The maximum absolute atomic E-state index is 13.3. The minimum atomic E-state index is -0.217. The van der Waals surface area contributed by atoms with Crippen molar-refractivity contribution in [2.24, 2.45) is 0 Å². The van der Waals surface area contributed by atoms with E-state index >= 15 is 0 Å². The first kappa shape index (κ1) is 18.6. The van der Waals surface area contributed by atoms with Gasteiger partial charge in [0.05, 0.1) is 14.2 Å². The third-order valence-corrected chi connectivity index (χ3v) is 5.20. The minimum absolute atomic E-state index is 0.213. The summed E-state index contributed by atoms with van der Waals surface area (Å²) in [7, 11) is 3.04. The second-order valence-electron chi connectivity index (χ2n) is 6.74. The van der Waals surface area contributed by atoms with Crippen LogP contribution in [0.1, 0.15) is 53.3 Å². The molecule has 0 saturated heterocycles. The van der Waals surface area contributed by atoms with Gasteiger partial charge in [-0.2, -0.15) is 0 Å². The van der Waals surface area contributed by atoms with Gasteiger partial charge in [0.2, 0.25) is 0 Å². The van der Waals surface area contributed by atoms with E-state index in [4.69, 9.17) is 9.47 Å². The van der Waals surface area contributed by atoms with Crippen molar-refractivity contribution in [1.29, 1.82) is 0 Å². The number of hydrogen-bond donors (Lipinski definition) is 0. The predicted molar refractivity (Wildman–Crippen MR) is 107 cm³/mol. The maximum atomic E-state index is 13.3.